The zero-order chi connectivity index (χ0) is 14.4. The van der Waals surface area contributed by atoms with E-state index in [1.165, 1.54) is 12.1 Å². The number of hydrogen-bond donors (Lipinski definition) is 1. The zero-order valence-corrected chi connectivity index (χ0v) is 12.8. The normalized spacial score (nSPS) is 11.2. The van der Waals surface area contributed by atoms with Gasteiger partial charge in [0.05, 0.1) is 31.8 Å². The molecule has 102 valence electrons. The number of aromatic amines is 1. The average molecular weight is 348 g/mol. The Balaban J connectivity index is 2.38. The molecule has 3 rings (SSSR count). The minimum absolute atomic E-state index is 0.0641. The first kappa shape index (κ1) is 13.9. The van der Waals surface area contributed by atoms with Crippen molar-refractivity contribution in [3.8, 4) is 5.69 Å². The highest BCUT2D eigenvalue weighted by molar-refractivity contribution is 7.71. The van der Waals surface area contributed by atoms with E-state index in [1.54, 1.807) is 16.7 Å². The van der Waals surface area contributed by atoms with E-state index in [9.17, 15) is 4.39 Å². The maximum Gasteiger partial charge on any atom is 0.182 e. The highest BCUT2D eigenvalue weighted by atomic mass is 35.5. The van der Waals surface area contributed by atoms with Crippen molar-refractivity contribution in [2.24, 2.45) is 0 Å². The average Bonchev–Trinajstić information content (AvgIpc) is 2.73. The van der Waals surface area contributed by atoms with Crippen molar-refractivity contribution in [3.63, 3.8) is 0 Å². The van der Waals surface area contributed by atoms with Gasteiger partial charge < -0.3 is 4.98 Å². The molecule has 0 aliphatic carbocycles. The molecule has 0 unspecified atom stereocenters. The van der Waals surface area contributed by atoms with Crippen molar-refractivity contribution >= 4 is 58.1 Å². The number of hydrogen-bond acceptors (Lipinski definition) is 1. The quantitative estimate of drug-likeness (QED) is 0.436. The molecular weight excluding hydrogens is 342 g/mol. The van der Waals surface area contributed by atoms with Crippen LogP contribution in [0.5, 0.6) is 0 Å². The number of nitrogens with one attached hydrogen (secondary N) is 1. The van der Waals surface area contributed by atoms with Gasteiger partial charge in [-0.25, -0.2) is 4.39 Å². The van der Waals surface area contributed by atoms with Crippen LogP contribution in [0.1, 0.15) is 0 Å². The lowest BCUT2D eigenvalue weighted by Gasteiger charge is -2.07. The second-order valence-corrected chi connectivity index (χ2v) is 5.73. The summed E-state index contributed by atoms with van der Waals surface area (Å²) in [7, 11) is 0. The van der Waals surface area contributed by atoms with Gasteiger partial charge >= 0.3 is 0 Å². The van der Waals surface area contributed by atoms with Crippen LogP contribution >= 0.6 is 47.0 Å². The largest absolute Gasteiger partial charge is 0.329 e. The van der Waals surface area contributed by atoms with Gasteiger partial charge in [-0.3, -0.25) is 4.57 Å². The van der Waals surface area contributed by atoms with Crippen LogP contribution in [0.2, 0.25) is 15.1 Å². The molecule has 0 bridgehead atoms. The van der Waals surface area contributed by atoms with Crippen LogP contribution in [-0.4, -0.2) is 9.55 Å². The predicted octanol–water partition coefficient (Wildman–Crippen LogP) is 5.79. The van der Waals surface area contributed by atoms with Crippen LogP contribution in [-0.2, 0) is 0 Å². The molecule has 1 heterocycles. The van der Waals surface area contributed by atoms with E-state index < -0.39 is 5.82 Å². The second-order valence-electron chi connectivity index (χ2n) is 4.12. The van der Waals surface area contributed by atoms with Crippen LogP contribution in [0, 0.1) is 10.6 Å². The first-order valence-electron chi connectivity index (χ1n) is 5.53. The Kier molecular flexibility index (Phi) is 3.50. The number of aromatic nitrogens is 2. The maximum atomic E-state index is 13.5. The third kappa shape index (κ3) is 2.13. The van der Waals surface area contributed by atoms with Gasteiger partial charge in [0.25, 0.3) is 0 Å². The summed E-state index contributed by atoms with van der Waals surface area (Å²) in [5, 5.41) is 0.420. The number of rotatable bonds is 1. The molecule has 0 fully saturated rings. The first-order chi connectivity index (χ1) is 9.49. The molecular formula is C13H6Cl3FN2S. The van der Waals surface area contributed by atoms with Gasteiger partial charge in [-0.2, -0.15) is 0 Å². The fourth-order valence-corrected chi connectivity index (χ4v) is 3.02. The van der Waals surface area contributed by atoms with Crippen molar-refractivity contribution in [1.29, 1.82) is 0 Å². The molecule has 7 heteroatoms. The summed E-state index contributed by atoms with van der Waals surface area (Å²) >= 11 is 23.1. The van der Waals surface area contributed by atoms with Crippen LogP contribution < -0.4 is 0 Å². The van der Waals surface area contributed by atoms with E-state index in [4.69, 9.17) is 47.0 Å². The van der Waals surface area contributed by atoms with Gasteiger partial charge in [0, 0.05) is 0 Å². The van der Waals surface area contributed by atoms with E-state index in [1.807, 2.05) is 6.07 Å². The molecule has 1 aromatic heterocycles. The SMILES string of the molecule is Fc1c(Cl)cc(-n2c(=S)[nH]c3c(Cl)cccc32)cc1Cl. The Bertz CT molecular complexity index is 862. The molecule has 2 aromatic carbocycles. The summed E-state index contributed by atoms with van der Waals surface area (Å²) in [6, 6.07) is 8.33. The molecule has 0 saturated heterocycles. The van der Waals surface area contributed by atoms with E-state index in [0.29, 0.717) is 21.0 Å². The Labute approximate surface area is 133 Å². The number of benzene rings is 2. The Hall–Kier alpha value is -1.07. The molecule has 2 nitrogen and oxygen atoms in total. The number of para-hydroxylation sites is 1. The Morgan fingerprint density at radius 3 is 2.35 bits per heavy atom. The molecule has 0 aliphatic heterocycles. The number of imidazole rings is 1. The van der Waals surface area contributed by atoms with Crippen molar-refractivity contribution in [2.75, 3.05) is 0 Å². The molecule has 20 heavy (non-hydrogen) atoms. The summed E-state index contributed by atoms with van der Waals surface area (Å²) in [6.45, 7) is 0. The smallest absolute Gasteiger partial charge is 0.182 e. The Morgan fingerprint density at radius 1 is 1.05 bits per heavy atom. The fraction of sp³-hybridized carbons (Fsp3) is 0. The summed E-state index contributed by atoms with van der Waals surface area (Å²) < 4.78 is 15.6. The van der Waals surface area contributed by atoms with Crippen LogP contribution in [0.15, 0.2) is 30.3 Å². The molecule has 1 N–H and O–H groups in total. The van der Waals surface area contributed by atoms with E-state index in [0.717, 1.165) is 5.52 Å². The van der Waals surface area contributed by atoms with Gasteiger partial charge in [-0.05, 0) is 36.5 Å². The molecule has 0 spiro atoms. The number of nitrogens with zero attached hydrogens (tertiary/aromatic N) is 1. The topological polar surface area (TPSA) is 20.7 Å². The summed E-state index contributed by atoms with van der Waals surface area (Å²) in [6.07, 6.45) is 0. The van der Waals surface area contributed by atoms with Crippen molar-refractivity contribution < 1.29 is 4.39 Å². The number of halogens is 4. The standard InChI is InChI=1S/C13H6Cl3FN2S/c14-7-2-1-3-10-12(7)18-13(20)19(10)6-4-8(15)11(17)9(16)5-6/h1-5H,(H,18,20). The van der Waals surface area contributed by atoms with Gasteiger partial charge in [0.15, 0.2) is 10.6 Å². The third-order valence-electron chi connectivity index (χ3n) is 2.89. The Morgan fingerprint density at radius 2 is 1.70 bits per heavy atom. The van der Waals surface area contributed by atoms with Gasteiger partial charge in [-0.15, -0.1) is 0 Å². The van der Waals surface area contributed by atoms with E-state index in [-0.39, 0.29) is 10.0 Å². The lowest BCUT2D eigenvalue weighted by molar-refractivity contribution is 0.628. The molecule has 0 saturated carbocycles. The summed E-state index contributed by atoms with van der Waals surface area (Å²) in [5.41, 5.74) is 2.04. The monoisotopic (exact) mass is 346 g/mol. The minimum atomic E-state index is -0.651. The minimum Gasteiger partial charge on any atom is -0.329 e. The van der Waals surface area contributed by atoms with E-state index >= 15 is 0 Å². The molecule has 0 amide bonds. The second kappa shape index (κ2) is 5.04. The zero-order valence-electron chi connectivity index (χ0n) is 9.75. The lowest BCUT2D eigenvalue weighted by atomic mass is 10.2. The van der Waals surface area contributed by atoms with E-state index in [2.05, 4.69) is 4.98 Å². The van der Waals surface area contributed by atoms with Crippen molar-refractivity contribution in [3.05, 3.63) is 56.0 Å². The van der Waals surface area contributed by atoms with Crippen LogP contribution in [0.3, 0.4) is 0 Å². The predicted molar refractivity (Wildman–Crippen MR) is 83.4 cm³/mol. The van der Waals surface area contributed by atoms with Crippen molar-refractivity contribution in [1.82, 2.24) is 9.55 Å². The van der Waals surface area contributed by atoms with Gasteiger partial charge in [-0.1, -0.05) is 40.9 Å². The summed E-state index contributed by atoms with van der Waals surface area (Å²) in [5.74, 6) is -0.651. The fourth-order valence-electron chi connectivity index (χ4n) is 2.02. The molecule has 3 aromatic rings. The van der Waals surface area contributed by atoms with Crippen LogP contribution in [0.4, 0.5) is 4.39 Å². The van der Waals surface area contributed by atoms with Crippen molar-refractivity contribution in [2.45, 2.75) is 0 Å². The van der Waals surface area contributed by atoms with Gasteiger partial charge in [0.2, 0.25) is 0 Å². The first-order valence-corrected chi connectivity index (χ1v) is 7.07. The lowest BCUT2D eigenvalue weighted by Crippen LogP contribution is -1.95. The highest BCUT2D eigenvalue weighted by Crippen LogP contribution is 2.30. The molecule has 0 aliphatic rings. The summed E-state index contributed by atoms with van der Waals surface area (Å²) in [4.78, 5) is 3.01. The van der Waals surface area contributed by atoms with Crippen LogP contribution in [0.25, 0.3) is 16.7 Å². The number of fused-ring (bicyclic) bond motifs is 1. The maximum absolute atomic E-state index is 13.5. The molecule has 0 radical (unpaired) electrons. The van der Waals surface area contributed by atoms with Gasteiger partial charge in [0.1, 0.15) is 0 Å². The molecule has 0 atom stereocenters. The highest BCUT2D eigenvalue weighted by Gasteiger charge is 2.13. The number of H-pyrrole nitrogens is 1. The third-order valence-corrected chi connectivity index (χ3v) is 4.04.